The first kappa shape index (κ1) is 17.8. The van der Waals surface area contributed by atoms with E-state index in [0.29, 0.717) is 9.50 Å². The van der Waals surface area contributed by atoms with E-state index >= 15 is 0 Å². The molecule has 0 aliphatic heterocycles. The van der Waals surface area contributed by atoms with Crippen molar-refractivity contribution >= 4 is 45.3 Å². The standard InChI is InChI=1S/C14H17BrClNO4/c1-5-20-12(18)9-6-8(16)7-10(15)11(9)17-13(19)21-14(2,3)4/h6-7H,5H2,1-4H3,(H,17,19). The van der Waals surface area contributed by atoms with Crippen LogP contribution in [0.15, 0.2) is 16.6 Å². The number of nitrogens with one attached hydrogen (secondary N) is 1. The van der Waals surface area contributed by atoms with Gasteiger partial charge in [-0.25, -0.2) is 9.59 Å². The van der Waals surface area contributed by atoms with E-state index in [2.05, 4.69) is 21.2 Å². The molecule has 0 heterocycles. The quantitative estimate of drug-likeness (QED) is 0.779. The van der Waals surface area contributed by atoms with Gasteiger partial charge in [0.1, 0.15) is 5.60 Å². The predicted molar refractivity (Wildman–Crippen MR) is 85.0 cm³/mol. The maximum atomic E-state index is 11.9. The first-order valence-electron chi connectivity index (χ1n) is 6.30. The lowest BCUT2D eigenvalue weighted by Crippen LogP contribution is -2.28. The molecular formula is C14H17BrClNO4. The number of rotatable bonds is 3. The number of carbonyl (C=O) groups is 2. The van der Waals surface area contributed by atoms with Gasteiger partial charge >= 0.3 is 12.1 Å². The van der Waals surface area contributed by atoms with Crippen molar-refractivity contribution in [2.45, 2.75) is 33.3 Å². The van der Waals surface area contributed by atoms with Gasteiger partial charge in [0.05, 0.1) is 17.9 Å². The van der Waals surface area contributed by atoms with Crippen LogP contribution in [0.25, 0.3) is 0 Å². The minimum absolute atomic E-state index is 0.155. The van der Waals surface area contributed by atoms with Crippen LogP contribution in [-0.2, 0) is 9.47 Å². The second kappa shape index (κ2) is 7.13. The van der Waals surface area contributed by atoms with E-state index in [0.717, 1.165) is 0 Å². The molecule has 0 unspecified atom stereocenters. The van der Waals surface area contributed by atoms with Crippen LogP contribution >= 0.6 is 27.5 Å². The molecule has 116 valence electrons. The topological polar surface area (TPSA) is 64.6 Å². The Labute approximate surface area is 137 Å². The summed E-state index contributed by atoms with van der Waals surface area (Å²) in [5, 5.41) is 2.88. The molecule has 7 heteroatoms. The zero-order valence-corrected chi connectivity index (χ0v) is 14.6. The van der Waals surface area contributed by atoms with Crippen molar-refractivity contribution < 1.29 is 19.1 Å². The lowest BCUT2D eigenvalue weighted by Gasteiger charge is -2.20. The third-order valence-electron chi connectivity index (χ3n) is 2.18. The SMILES string of the molecule is CCOC(=O)c1cc(Cl)cc(Br)c1NC(=O)OC(C)(C)C. The predicted octanol–water partition coefficient (Wildman–Crippen LogP) is 4.63. The summed E-state index contributed by atoms with van der Waals surface area (Å²) in [6, 6.07) is 2.99. The number of amides is 1. The van der Waals surface area contributed by atoms with Crippen LogP contribution in [0.5, 0.6) is 0 Å². The summed E-state index contributed by atoms with van der Waals surface area (Å²) in [5.74, 6) is -0.577. The highest BCUT2D eigenvalue weighted by Gasteiger charge is 2.22. The van der Waals surface area contributed by atoms with Crippen LogP contribution in [0.4, 0.5) is 10.5 Å². The average molecular weight is 379 g/mol. The number of ether oxygens (including phenoxy) is 2. The van der Waals surface area contributed by atoms with Gasteiger partial charge in [-0.1, -0.05) is 11.6 Å². The van der Waals surface area contributed by atoms with Crippen molar-refractivity contribution in [1.82, 2.24) is 0 Å². The van der Waals surface area contributed by atoms with E-state index in [1.807, 2.05) is 0 Å². The Morgan fingerprint density at radius 3 is 2.48 bits per heavy atom. The first-order valence-corrected chi connectivity index (χ1v) is 7.47. The number of halogens is 2. The fourth-order valence-electron chi connectivity index (χ4n) is 1.48. The number of esters is 1. The molecule has 0 spiro atoms. The monoisotopic (exact) mass is 377 g/mol. The van der Waals surface area contributed by atoms with Crippen molar-refractivity contribution in [2.24, 2.45) is 0 Å². The second-order valence-corrected chi connectivity index (χ2v) is 6.45. The van der Waals surface area contributed by atoms with Gasteiger partial charge in [-0.05, 0) is 55.8 Å². The summed E-state index contributed by atoms with van der Waals surface area (Å²) in [6.45, 7) is 7.15. The highest BCUT2D eigenvalue weighted by molar-refractivity contribution is 9.10. The Kier molecular flexibility index (Phi) is 6.04. The smallest absolute Gasteiger partial charge is 0.412 e. The molecule has 0 radical (unpaired) electrons. The minimum Gasteiger partial charge on any atom is -0.462 e. The highest BCUT2D eigenvalue weighted by atomic mass is 79.9. The van der Waals surface area contributed by atoms with Gasteiger partial charge in [0.2, 0.25) is 0 Å². The van der Waals surface area contributed by atoms with Crippen molar-refractivity contribution in [3.63, 3.8) is 0 Å². The number of anilines is 1. The van der Waals surface area contributed by atoms with E-state index in [1.165, 1.54) is 6.07 Å². The Morgan fingerprint density at radius 2 is 1.95 bits per heavy atom. The fraction of sp³-hybridized carbons (Fsp3) is 0.429. The van der Waals surface area contributed by atoms with Crippen LogP contribution in [0.3, 0.4) is 0 Å². The molecule has 1 rings (SSSR count). The third-order valence-corrected chi connectivity index (χ3v) is 3.02. The molecule has 1 amide bonds. The number of hydrogen-bond acceptors (Lipinski definition) is 4. The number of hydrogen-bond donors (Lipinski definition) is 1. The molecule has 21 heavy (non-hydrogen) atoms. The molecule has 1 N–H and O–H groups in total. The van der Waals surface area contributed by atoms with Crippen LogP contribution in [0, 0.1) is 0 Å². The molecule has 0 saturated carbocycles. The second-order valence-electron chi connectivity index (χ2n) is 5.16. The normalized spacial score (nSPS) is 11.0. The van der Waals surface area contributed by atoms with E-state index in [-0.39, 0.29) is 17.9 Å². The maximum Gasteiger partial charge on any atom is 0.412 e. The maximum absolute atomic E-state index is 11.9. The van der Waals surface area contributed by atoms with Gasteiger partial charge < -0.3 is 9.47 Å². The van der Waals surface area contributed by atoms with Crippen LogP contribution in [0.1, 0.15) is 38.1 Å². The van der Waals surface area contributed by atoms with E-state index < -0.39 is 17.7 Å². The van der Waals surface area contributed by atoms with E-state index in [9.17, 15) is 9.59 Å². The average Bonchev–Trinajstić information content (AvgIpc) is 2.30. The molecule has 1 aromatic carbocycles. The molecule has 0 fully saturated rings. The lowest BCUT2D eigenvalue weighted by atomic mass is 10.1. The third kappa shape index (κ3) is 5.55. The van der Waals surface area contributed by atoms with Gasteiger partial charge in [0, 0.05) is 9.50 Å². The van der Waals surface area contributed by atoms with Crippen molar-refractivity contribution in [2.75, 3.05) is 11.9 Å². The zero-order chi connectivity index (χ0) is 16.2. The first-order chi connectivity index (χ1) is 9.64. The van der Waals surface area contributed by atoms with Gasteiger partial charge in [-0.2, -0.15) is 0 Å². The Morgan fingerprint density at radius 1 is 1.33 bits per heavy atom. The molecule has 0 aliphatic carbocycles. The molecule has 0 saturated heterocycles. The zero-order valence-electron chi connectivity index (χ0n) is 12.3. The molecule has 0 aliphatic rings. The van der Waals surface area contributed by atoms with Crippen LogP contribution < -0.4 is 5.32 Å². The molecular weight excluding hydrogens is 362 g/mol. The van der Waals surface area contributed by atoms with Crippen LogP contribution in [0.2, 0.25) is 5.02 Å². The van der Waals surface area contributed by atoms with Crippen LogP contribution in [-0.4, -0.2) is 24.3 Å². The minimum atomic E-state index is -0.670. The van der Waals surface area contributed by atoms with Crippen molar-refractivity contribution in [3.05, 3.63) is 27.2 Å². The van der Waals surface area contributed by atoms with Crippen molar-refractivity contribution in [3.8, 4) is 0 Å². The Balaban J connectivity index is 3.10. The van der Waals surface area contributed by atoms with E-state index in [1.54, 1.807) is 33.8 Å². The molecule has 0 aromatic heterocycles. The van der Waals surface area contributed by atoms with Gasteiger partial charge in [0.15, 0.2) is 0 Å². The van der Waals surface area contributed by atoms with Gasteiger partial charge in [0.25, 0.3) is 0 Å². The Hall–Kier alpha value is -1.27. The molecule has 5 nitrogen and oxygen atoms in total. The summed E-state index contributed by atoms with van der Waals surface area (Å²) in [4.78, 5) is 23.8. The summed E-state index contributed by atoms with van der Waals surface area (Å²) in [6.07, 6.45) is -0.670. The van der Waals surface area contributed by atoms with E-state index in [4.69, 9.17) is 21.1 Å². The highest BCUT2D eigenvalue weighted by Crippen LogP contribution is 2.31. The van der Waals surface area contributed by atoms with Crippen molar-refractivity contribution in [1.29, 1.82) is 0 Å². The lowest BCUT2D eigenvalue weighted by molar-refractivity contribution is 0.0527. The largest absolute Gasteiger partial charge is 0.462 e. The Bertz CT molecular complexity index is 555. The fourth-order valence-corrected chi connectivity index (χ4v) is 2.39. The van der Waals surface area contributed by atoms with Gasteiger partial charge in [-0.15, -0.1) is 0 Å². The van der Waals surface area contributed by atoms with Gasteiger partial charge in [-0.3, -0.25) is 5.32 Å². The summed E-state index contributed by atoms with van der Waals surface area (Å²) < 4.78 is 10.6. The number of benzene rings is 1. The summed E-state index contributed by atoms with van der Waals surface area (Å²) in [7, 11) is 0. The molecule has 0 atom stereocenters. The molecule has 1 aromatic rings. The number of carbonyl (C=O) groups excluding carboxylic acids is 2. The summed E-state index contributed by atoms with van der Waals surface area (Å²) >= 11 is 9.19. The molecule has 0 bridgehead atoms. The summed E-state index contributed by atoms with van der Waals surface area (Å²) in [5.41, 5.74) is -0.234.